The molecule has 0 spiro atoms. The van der Waals surface area contributed by atoms with Crippen molar-refractivity contribution in [1.29, 1.82) is 0 Å². The number of rotatable bonds is 6. The van der Waals surface area contributed by atoms with Crippen LogP contribution in [0.1, 0.15) is 44.5 Å². The minimum atomic E-state index is -0.537. The van der Waals surface area contributed by atoms with Crippen molar-refractivity contribution in [3.63, 3.8) is 0 Å². The molecule has 2 atom stereocenters. The second-order valence-corrected chi connectivity index (χ2v) is 5.25. The fraction of sp³-hybridized carbons (Fsp3) is 0.533. The van der Waals surface area contributed by atoms with Gasteiger partial charge in [-0.3, -0.25) is 14.6 Å². The van der Waals surface area contributed by atoms with E-state index < -0.39 is 6.04 Å². The minimum Gasteiger partial charge on any atom is -0.352 e. The molecule has 20 heavy (non-hydrogen) atoms. The molecule has 0 saturated heterocycles. The molecule has 0 fully saturated rings. The molecule has 2 amide bonds. The molecular formula is C15H23N3O2. The molecule has 110 valence electrons. The van der Waals surface area contributed by atoms with Gasteiger partial charge in [0.1, 0.15) is 6.04 Å². The third-order valence-corrected chi connectivity index (χ3v) is 3.18. The lowest BCUT2D eigenvalue weighted by Crippen LogP contribution is -2.51. The second kappa shape index (κ2) is 7.62. The lowest BCUT2D eigenvalue weighted by atomic mass is 10.0. The van der Waals surface area contributed by atoms with Crippen molar-refractivity contribution in [2.75, 3.05) is 0 Å². The molecule has 5 heteroatoms. The summed E-state index contributed by atoms with van der Waals surface area (Å²) in [6, 6.07) is 2.81. The molecule has 0 saturated carbocycles. The topological polar surface area (TPSA) is 71.1 Å². The van der Waals surface area contributed by atoms with E-state index in [1.54, 1.807) is 24.5 Å². The SMILES string of the molecule is CCC(C)NC(=O)C(NC(=O)c1ccncc1)C(C)C. The highest BCUT2D eigenvalue weighted by Gasteiger charge is 2.25. The smallest absolute Gasteiger partial charge is 0.252 e. The largest absolute Gasteiger partial charge is 0.352 e. The van der Waals surface area contributed by atoms with E-state index in [4.69, 9.17) is 0 Å². The van der Waals surface area contributed by atoms with Crippen molar-refractivity contribution in [1.82, 2.24) is 15.6 Å². The predicted octanol–water partition coefficient (Wildman–Crippen LogP) is 1.75. The number of aromatic nitrogens is 1. The van der Waals surface area contributed by atoms with Crippen LogP contribution in [0.2, 0.25) is 0 Å². The molecule has 5 nitrogen and oxygen atoms in total. The summed E-state index contributed by atoms with van der Waals surface area (Å²) in [5.41, 5.74) is 0.502. The molecule has 0 aliphatic heterocycles. The van der Waals surface area contributed by atoms with Gasteiger partial charge in [0, 0.05) is 24.0 Å². The maximum Gasteiger partial charge on any atom is 0.252 e. The highest BCUT2D eigenvalue weighted by atomic mass is 16.2. The van der Waals surface area contributed by atoms with Gasteiger partial charge in [0.05, 0.1) is 0 Å². The molecular weight excluding hydrogens is 254 g/mol. The van der Waals surface area contributed by atoms with Crippen molar-refractivity contribution >= 4 is 11.8 Å². The van der Waals surface area contributed by atoms with Crippen LogP contribution in [0.3, 0.4) is 0 Å². The van der Waals surface area contributed by atoms with E-state index in [2.05, 4.69) is 15.6 Å². The molecule has 0 radical (unpaired) electrons. The number of carbonyl (C=O) groups is 2. The maximum atomic E-state index is 12.2. The number of hydrogen-bond donors (Lipinski definition) is 2. The van der Waals surface area contributed by atoms with Crippen LogP contribution >= 0.6 is 0 Å². The van der Waals surface area contributed by atoms with Crippen LogP contribution in [0.15, 0.2) is 24.5 Å². The molecule has 1 heterocycles. The Kier molecular flexibility index (Phi) is 6.15. The third kappa shape index (κ3) is 4.64. The Bertz CT molecular complexity index is 446. The van der Waals surface area contributed by atoms with Gasteiger partial charge in [-0.1, -0.05) is 20.8 Å². The van der Waals surface area contributed by atoms with E-state index in [0.717, 1.165) is 6.42 Å². The Morgan fingerprint density at radius 3 is 2.25 bits per heavy atom. The molecule has 1 aromatic rings. The van der Waals surface area contributed by atoms with Gasteiger partial charge in [0.25, 0.3) is 5.91 Å². The Morgan fingerprint density at radius 1 is 1.15 bits per heavy atom. The highest BCUT2D eigenvalue weighted by Crippen LogP contribution is 2.05. The average molecular weight is 277 g/mol. The van der Waals surface area contributed by atoms with Crippen LogP contribution < -0.4 is 10.6 Å². The van der Waals surface area contributed by atoms with Crippen molar-refractivity contribution in [2.24, 2.45) is 5.92 Å². The van der Waals surface area contributed by atoms with E-state index in [-0.39, 0.29) is 23.8 Å². The van der Waals surface area contributed by atoms with Gasteiger partial charge >= 0.3 is 0 Å². The van der Waals surface area contributed by atoms with Crippen LogP contribution in [0.25, 0.3) is 0 Å². The first-order chi connectivity index (χ1) is 9.45. The van der Waals surface area contributed by atoms with Gasteiger partial charge in [0.2, 0.25) is 5.91 Å². The number of amides is 2. The fourth-order valence-corrected chi connectivity index (χ4v) is 1.70. The summed E-state index contributed by atoms with van der Waals surface area (Å²) >= 11 is 0. The Labute approximate surface area is 120 Å². The lowest BCUT2D eigenvalue weighted by molar-refractivity contribution is -0.124. The molecule has 1 rings (SSSR count). The zero-order valence-electron chi connectivity index (χ0n) is 12.5. The fourth-order valence-electron chi connectivity index (χ4n) is 1.70. The van der Waals surface area contributed by atoms with E-state index in [1.165, 1.54) is 0 Å². The Morgan fingerprint density at radius 2 is 1.75 bits per heavy atom. The summed E-state index contributed by atoms with van der Waals surface area (Å²) in [5.74, 6) is -0.382. The van der Waals surface area contributed by atoms with E-state index in [1.807, 2.05) is 27.7 Å². The average Bonchev–Trinajstić information content (AvgIpc) is 2.44. The lowest BCUT2D eigenvalue weighted by Gasteiger charge is -2.23. The van der Waals surface area contributed by atoms with E-state index in [9.17, 15) is 9.59 Å². The van der Waals surface area contributed by atoms with Crippen LogP contribution in [-0.4, -0.2) is 28.9 Å². The summed E-state index contributed by atoms with van der Waals surface area (Å²) in [6.45, 7) is 7.77. The van der Waals surface area contributed by atoms with Crippen LogP contribution in [0.5, 0.6) is 0 Å². The highest BCUT2D eigenvalue weighted by molar-refractivity contribution is 5.97. The molecule has 2 unspecified atom stereocenters. The molecule has 0 aromatic carbocycles. The van der Waals surface area contributed by atoms with Crippen molar-refractivity contribution in [3.8, 4) is 0 Å². The van der Waals surface area contributed by atoms with Crippen LogP contribution in [-0.2, 0) is 4.79 Å². The summed E-state index contributed by atoms with van der Waals surface area (Å²) in [7, 11) is 0. The number of nitrogens with zero attached hydrogens (tertiary/aromatic N) is 1. The molecule has 0 aliphatic carbocycles. The maximum absolute atomic E-state index is 12.2. The molecule has 2 N–H and O–H groups in total. The molecule has 1 aromatic heterocycles. The van der Waals surface area contributed by atoms with Crippen molar-refractivity contribution in [3.05, 3.63) is 30.1 Å². The van der Waals surface area contributed by atoms with Crippen molar-refractivity contribution in [2.45, 2.75) is 46.2 Å². The first kappa shape index (κ1) is 16.1. The summed E-state index contributed by atoms with van der Waals surface area (Å²) in [5, 5.41) is 5.69. The summed E-state index contributed by atoms with van der Waals surface area (Å²) in [4.78, 5) is 28.2. The van der Waals surface area contributed by atoms with Crippen LogP contribution in [0, 0.1) is 5.92 Å². The Balaban J connectivity index is 2.73. The van der Waals surface area contributed by atoms with Gasteiger partial charge in [-0.2, -0.15) is 0 Å². The zero-order valence-corrected chi connectivity index (χ0v) is 12.5. The Hall–Kier alpha value is -1.91. The number of nitrogens with one attached hydrogen (secondary N) is 2. The van der Waals surface area contributed by atoms with Gasteiger partial charge in [-0.25, -0.2) is 0 Å². The van der Waals surface area contributed by atoms with Gasteiger partial charge in [-0.15, -0.1) is 0 Å². The number of hydrogen-bond acceptors (Lipinski definition) is 3. The number of pyridine rings is 1. The second-order valence-electron chi connectivity index (χ2n) is 5.25. The quantitative estimate of drug-likeness (QED) is 0.832. The molecule has 0 aliphatic rings. The first-order valence-electron chi connectivity index (χ1n) is 6.97. The normalized spacial score (nSPS) is 13.7. The summed E-state index contributed by atoms with van der Waals surface area (Å²) in [6.07, 6.45) is 3.96. The van der Waals surface area contributed by atoms with Gasteiger partial charge in [-0.05, 0) is 31.4 Å². The molecule has 0 bridgehead atoms. The monoisotopic (exact) mass is 277 g/mol. The minimum absolute atomic E-state index is 0.0184. The first-order valence-corrected chi connectivity index (χ1v) is 6.97. The summed E-state index contributed by atoms with van der Waals surface area (Å²) < 4.78 is 0. The zero-order chi connectivity index (χ0) is 15.1. The standard InChI is InChI=1S/C15H23N3O2/c1-5-11(4)17-15(20)13(10(2)3)18-14(19)12-6-8-16-9-7-12/h6-11,13H,5H2,1-4H3,(H,17,20)(H,18,19). The predicted molar refractivity (Wildman–Crippen MR) is 78.2 cm³/mol. The van der Waals surface area contributed by atoms with E-state index in [0.29, 0.717) is 5.56 Å². The van der Waals surface area contributed by atoms with Gasteiger partial charge < -0.3 is 10.6 Å². The van der Waals surface area contributed by atoms with E-state index >= 15 is 0 Å². The van der Waals surface area contributed by atoms with Crippen LogP contribution in [0.4, 0.5) is 0 Å². The van der Waals surface area contributed by atoms with Gasteiger partial charge in [0.15, 0.2) is 0 Å². The number of carbonyl (C=O) groups excluding carboxylic acids is 2. The third-order valence-electron chi connectivity index (χ3n) is 3.18. The van der Waals surface area contributed by atoms with Crippen molar-refractivity contribution < 1.29 is 9.59 Å².